The molecule has 10 heteroatoms. The summed E-state index contributed by atoms with van der Waals surface area (Å²) in [7, 11) is 0. The number of piperazine rings is 1. The predicted molar refractivity (Wildman–Crippen MR) is 88.1 cm³/mol. The predicted octanol–water partition coefficient (Wildman–Crippen LogP) is 0.707. The highest BCUT2D eigenvalue weighted by Gasteiger charge is 2.23. The van der Waals surface area contributed by atoms with Gasteiger partial charge in [0.2, 0.25) is 5.89 Å². The zero-order valence-electron chi connectivity index (χ0n) is 13.7. The zero-order valence-corrected chi connectivity index (χ0v) is 13.7. The highest BCUT2D eigenvalue weighted by atomic mass is 16.6. The summed E-state index contributed by atoms with van der Waals surface area (Å²) in [6, 6.07) is 4.19. The molecule has 2 aromatic rings. The second-order valence-electron chi connectivity index (χ2n) is 5.82. The minimum Gasteiger partial charge on any atom is -0.368 e. The van der Waals surface area contributed by atoms with E-state index in [-0.39, 0.29) is 11.3 Å². The number of nitrogens with zero attached hydrogens (tertiary/aromatic N) is 5. The van der Waals surface area contributed by atoms with Crippen LogP contribution < -0.4 is 10.6 Å². The molecule has 25 heavy (non-hydrogen) atoms. The number of hydrogen-bond donors (Lipinski definition) is 1. The van der Waals surface area contributed by atoms with Crippen LogP contribution in [0.25, 0.3) is 0 Å². The molecule has 2 heterocycles. The molecule has 0 spiro atoms. The van der Waals surface area contributed by atoms with Crippen molar-refractivity contribution in [2.75, 3.05) is 31.1 Å². The lowest BCUT2D eigenvalue weighted by Gasteiger charge is -2.36. The van der Waals surface area contributed by atoms with Crippen molar-refractivity contribution in [3.63, 3.8) is 0 Å². The normalized spacial score (nSPS) is 15.3. The molecule has 0 atom stereocenters. The summed E-state index contributed by atoms with van der Waals surface area (Å²) in [6.07, 6.45) is 0. The largest absolute Gasteiger partial charge is 0.368 e. The third-order valence-corrected chi connectivity index (χ3v) is 4.10. The van der Waals surface area contributed by atoms with Gasteiger partial charge in [-0.25, -0.2) is 0 Å². The van der Waals surface area contributed by atoms with Crippen molar-refractivity contribution in [2.45, 2.75) is 13.5 Å². The molecule has 0 bridgehead atoms. The van der Waals surface area contributed by atoms with E-state index in [0.29, 0.717) is 37.0 Å². The first-order chi connectivity index (χ1) is 11.9. The second kappa shape index (κ2) is 6.85. The van der Waals surface area contributed by atoms with E-state index in [4.69, 9.17) is 10.3 Å². The first-order valence-electron chi connectivity index (χ1n) is 7.79. The Hall–Kier alpha value is -3.01. The van der Waals surface area contributed by atoms with Gasteiger partial charge in [0.25, 0.3) is 11.6 Å². The Labute approximate surface area is 143 Å². The third-order valence-electron chi connectivity index (χ3n) is 4.10. The van der Waals surface area contributed by atoms with Gasteiger partial charge in [0.05, 0.1) is 22.7 Å². The van der Waals surface area contributed by atoms with Crippen LogP contribution in [0.15, 0.2) is 22.7 Å². The number of benzene rings is 1. The van der Waals surface area contributed by atoms with Gasteiger partial charge < -0.3 is 15.2 Å². The quantitative estimate of drug-likeness (QED) is 0.618. The summed E-state index contributed by atoms with van der Waals surface area (Å²) >= 11 is 0. The average molecular weight is 346 g/mol. The number of rotatable bonds is 5. The van der Waals surface area contributed by atoms with Crippen LogP contribution in [0.2, 0.25) is 0 Å². The van der Waals surface area contributed by atoms with Crippen molar-refractivity contribution in [1.29, 1.82) is 0 Å². The number of carbonyl (C=O) groups excluding carboxylic acids is 1. The maximum atomic E-state index is 11.7. The van der Waals surface area contributed by atoms with Gasteiger partial charge >= 0.3 is 0 Å². The Morgan fingerprint density at radius 1 is 1.36 bits per heavy atom. The molecule has 0 radical (unpaired) electrons. The number of nitro groups is 1. The molecule has 1 aliphatic rings. The lowest BCUT2D eigenvalue weighted by Crippen LogP contribution is -2.46. The van der Waals surface area contributed by atoms with E-state index in [0.717, 1.165) is 13.1 Å². The van der Waals surface area contributed by atoms with E-state index in [1.807, 2.05) is 4.90 Å². The van der Waals surface area contributed by atoms with Gasteiger partial charge in [0.1, 0.15) is 0 Å². The van der Waals surface area contributed by atoms with Crippen LogP contribution >= 0.6 is 0 Å². The smallest absolute Gasteiger partial charge is 0.270 e. The van der Waals surface area contributed by atoms with Crippen molar-refractivity contribution >= 4 is 17.3 Å². The standard InChI is InChI=1S/C15H18N6O4/c1-10-17-14(18-25-10)9-19-4-6-20(7-5-19)13-3-2-11(21(23)24)8-12(13)15(16)22/h2-3,8H,4-7,9H2,1H3,(H2,16,22). The summed E-state index contributed by atoms with van der Waals surface area (Å²) in [5, 5.41) is 14.8. The summed E-state index contributed by atoms with van der Waals surface area (Å²) in [4.78, 5) is 30.4. The molecule has 1 fully saturated rings. The van der Waals surface area contributed by atoms with Crippen molar-refractivity contribution < 1.29 is 14.2 Å². The second-order valence-corrected chi connectivity index (χ2v) is 5.82. The molecule has 2 N–H and O–H groups in total. The number of aryl methyl sites for hydroxylation is 1. The average Bonchev–Trinajstić information content (AvgIpc) is 3.00. The van der Waals surface area contributed by atoms with Gasteiger partial charge in [-0.05, 0) is 6.07 Å². The number of anilines is 1. The Balaban J connectivity index is 1.70. The Morgan fingerprint density at radius 3 is 2.64 bits per heavy atom. The fourth-order valence-electron chi connectivity index (χ4n) is 2.86. The Kier molecular flexibility index (Phi) is 4.61. The molecule has 10 nitrogen and oxygen atoms in total. The Bertz CT molecular complexity index is 797. The van der Waals surface area contributed by atoms with Gasteiger partial charge in [-0.3, -0.25) is 19.8 Å². The third kappa shape index (κ3) is 3.74. The summed E-state index contributed by atoms with van der Waals surface area (Å²) < 4.78 is 4.96. The van der Waals surface area contributed by atoms with E-state index >= 15 is 0 Å². The molecular formula is C15H18N6O4. The molecule has 1 aromatic carbocycles. The molecule has 3 rings (SSSR count). The minimum absolute atomic E-state index is 0.149. The van der Waals surface area contributed by atoms with Gasteiger partial charge in [-0.15, -0.1) is 0 Å². The highest BCUT2D eigenvalue weighted by molar-refractivity contribution is 5.99. The zero-order chi connectivity index (χ0) is 18.0. The molecule has 0 unspecified atom stereocenters. The number of nitrogens with two attached hydrogens (primary N) is 1. The summed E-state index contributed by atoms with van der Waals surface area (Å²) in [5.41, 5.74) is 6.03. The molecule has 132 valence electrons. The number of nitro benzene ring substituents is 1. The fourth-order valence-corrected chi connectivity index (χ4v) is 2.86. The van der Waals surface area contributed by atoms with Crippen LogP contribution in [0.1, 0.15) is 22.1 Å². The van der Waals surface area contributed by atoms with E-state index in [1.54, 1.807) is 13.0 Å². The maximum absolute atomic E-state index is 11.7. The van der Waals surface area contributed by atoms with Crippen molar-refractivity contribution in [2.24, 2.45) is 5.73 Å². The molecule has 1 amide bonds. The molecule has 0 aliphatic carbocycles. The summed E-state index contributed by atoms with van der Waals surface area (Å²) in [5.74, 6) is 0.494. The molecule has 0 saturated carbocycles. The number of aromatic nitrogens is 2. The maximum Gasteiger partial charge on any atom is 0.270 e. The number of amides is 1. The van der Waals surface area contributed by atoms with Crippen molar-refractivity contribution in [3.8, 4) is 0 Å². The highest BCUT2D eigenvalue weighted by Crippen LogP contribution is 2.26. The van der Waals surface area contributed by atoms with Gasteiger partial charge in [-0.2, -0.15) is 4.98 Å². The van der Waals surface area contributed by atoms with Crippen LogP contribution in [-0.2, 0) is 6.54 Å². The van der Waals surface area contributed by atoms with Crippen LogP contribution in [0.4, 0.5) is 11.4 Å². The Morgan fingerprint density at radius 2 is 2.08 bits per heavy atom. The summed E-state index contributed by atoms with van der Waals surface area (Å²) in [6.45, 7) is 5.14. The lowest BCUT2D eigenvalue weighted by molar-refractivity contribution is -0.384. The number of non-ortho nitro benzene ring substituents is 1. The monoisotopic (exact) mass is 346 g/mol. The topological polar surface area (TPSA) is 132 Å². The number of carbonyl (C=O) groups is 1. The number of hydrogen-bond acceptors (Lipinski definition) is 8. The first-order valence-corrected chi connectivity index (χ1v) is 7.79. The fraction of sp³-hybridized carbons (Fsp3) is 0.400. The van der Waals surface area contributed by atoms with Gasteiger partial charge in [0.15, 0.2) is 5.82 Å². The SMILES string of the molecule is Cc1nc(CN2CCN(c3ccc([N+](=O)[O-])cc3C(N)=O)CC2)no1. The van der Waals surface area contributed by atoms with E-state index in [9.17, 15) is 14.9 Å². The molecular weight excluding hydrogens is 328 g/mol. The minimum atomic E-state index is -0.677. The van der Waals surface area contributed by atoms with E-state index in [1.165, 1.54) is 12.1 Å². The van der Waals surface area contributed by atoms with Gasteiger partial charge in [0, 0.05) is 45.2 Å². The molecule has 1 aromatic heterocycles. The van der Waals surface area contributed by atoms with Gasteiger partial charge in [-0.1, -0.05) is 5.16 Å². The lowest BCUT2D eigenvalue weighted by atomic mass is 10.1. The molecule has 1 aliphatic heterocycles. The van der Waals surface area contributed by atoms with E-state index in [2.05, 4.69) is 15.0 Å². The number of primary amides is 1. The van der Waals surface area contributed by atoms with Crippen LogP contribution in [0.5, 0.6) is 0 Å². The van der Waals surface area contributed by atoms with Crippen LogP contribution in [-0.4, -0.2) is 52.1 Å². The van der Waals surface area contributed by atoms with Crippen LogP contribution in [0.3, 0.4) is 0 Å². The van der Waals surface area contributed by atoms with E-state index < -0.39 is 10.8 Å². The van der Waals surface area contributed by atoms with Crippen molar-refractivity contribution in [3.05, 3.63) is 45.6 Å². The first kappa shape index (κ1) is 16.8. The van der Waals surface area contributed by atoms with Crippen molar-refractivity contribution in [1.82, 2.24) is 15.0 Å². The molecule has 1 saturated heterocycles. The van der Waals surface area contributed by atoms with Crippen LogP contribution in [0, 0.1) is 17.0 Å².